The van der Waals surface area contributed by atoms with Crippen molar-refractivity contribution in [1.29, 1.82) is 0 Å². The van der Waals surface area contributed by atoms with E-state index in [1.54, 1.807) is 53.9 Å². The van der Waals surface area contributed by atoms with Gasteiger partial charge in [0, 0.05) is 33.5 Å². The topological polar surface area (TPSA) is 3.24 Å². The molecule has 2 aliphatic rings. The van der Waals surface area contributed by atoms with E-state index in [-0.39, 0.29) is 17.0 Å². The van der Waals surface area contributed by atoms with Crippen LogP contribution in [0.5, 0.6) is 0 Å². The van der Waals surface area contributed by atoms with E-state index in [1.165, 1.54) is 30.6 Å². The number of hydrogen-bond acceptors (Lipinski definition) is 5. The maximum Gasteiger partial charge on any atom is 0.283 e. The van der Waals surface area contributed by atoms with Crippen LogP contribution in [0.3, 0.4) is 0 Å². The summed E-state index contributed by atoms with van der Waals surface area (Å²) in [5, 5.41) is 0. The molecule has 186 valence electrons. The Morgan fingerprint density at radius 2 is 1.23 bits per heavy atom. The molecule has 0 saturated carbocycles. The van der Waals surface area contributed by atoms with E-state index in [1.807, 2.05) is 11.3 Å². The molecule has 0 amide bonds. The van der Waals surface area contributed by atoms with E-state index in [4.69, 9.17) is 0 Å². The van der Waals surface area contributed by atoms with Crippen molar-refractivity contribution in [2.75, 3.05) is 11.9 Å². The van der Waals surface area contributed by atoms with E-state index in [0.29, 0.717) is 5.92 Å². The Morgan fingerprint density at radius 3 is 1.83 bits per heavy atom. The van der Waals surface area contributed by atoms with Gasteiger partial charge in [-0.25, -0.2) is 8.78 Å². The zero-order chi connectivity index (χ0) is 25.4. The van der Waals surface area contributed by atoms with Crippen LogP contribution in [-0.2, 0) is 16.9 Å². The average molecular weight is 548 g/mol. The van der Waals surface area contributed by atoms with E-state index in [2.05, 4.69) is 59.6 Å². The van der Waals surface area contributed by atoms with Gasteiger partial charge in [-0.1, -0.05) is 27.7 Å². The highest BCUT2D eigenvalue weighted by Crippen LogP contribution is 2.66. The lowest BCUT2D eigenvalue weighted by atomic mass is 9.72. The number of thiophene rings is 4. The van der Waals surface area contributed by atoms with E-state index < -0.39 is 11.3 Å². The predicted octanol–water partition coefficient (Wildman–Crippen LogP) is 10.7. The number of halogens is 2. The summed E-state index contributed by atoms with van der Waals surface area (Å²) in [7, 11) is 2.18. The number of fused-ring (bicyclic) bond motifs is 9. The average Bonchev–Trinajstić information content (AvgIpc) is 3.49. The van der Waals surface area contributed by atoms with Crippen LogP contribution in [0.2, 0.25) is 0 Å². The Labute approximate surface area is 222 Å². The molecule has 7 heteroatoms. The van der Waals surface area contributed by atoms with Crippen molar-refractivity contribution < 1.29 is 8.78 Å². The van der Waals surface area contributed by atoms with Crippen molar-refractivity contribution in [2.24, 2.45) is 0 Å². The molecule has 4 aromatic rings. The van der Waals surface area contributed by atoms with Gasteiger partial charge in [0.25, 0.3) is 5.92 Å². The SMILES string of the molecule is CC(C)c1cc2c(s1)-c1sc3c4c(sc3c1C(C)(C)N2C)-c1sc(C(C)C)cc1C(F)(F)C4(C)C. The van der Waals surface area contributed by atoms with Gasteiger partial charge in [-0.2, -0.15) is 0 Å². The fourth-order valence-electron chi connectivity index (χ4n) is 5.53. The molecule has 0 bridgehead atoms. The van der Waals surface area contributed by atoms with Crippen LogP contribution < -0.4 is 4.90 Å². The van der Waals surface area contributed by atoms with Crippen molar-refractivity contribution in [1.82, 2.24) is 0 Å². The molecule has 5 heterocycles. The van der Waals surface area contributed by atoms with Crippen LogP contribution in [0.15, 0.2) is 12.1 Å². The maximum absolute atomic E-state index is 16.2. The highest BCUT2D eigenvalue weighted by Gasteiger charge is 2.57. The summed E-state index contributed by atoms with van der Waals surface area (Å²) in [6.45, 7) is 16.7. The summed E-state index contributed by atoms with van der Waals surface area (Å²) in [6.07, 6.45) is 0. The second kappa shape index (κ2) is 7.18. The lowest BCUT2D eigenvalue weighted by Crippen LogP contribution is -2.40. The smallest absolute Gasteiger partial charge is 0.283 e. The maximum atomic E-state index is 16.2. The standard InChI is InChI=1S/C28H31F2NS4/c1-12(2)16-10-14-20(32-16)22-18(26(5,6)28(14,29)30)23-25(34-22)19-24(35-23)21-15(31(9)27(19,7)8)11-17(33-21)13(3)4/h10-13H,1-9H3. The summed E-state index contributed by atoms with van der Waals surface area (Å²) in [5.74, 6) is -2.21. The molecule has 0 fully saturated rings. The van der Waals surface area contributed by atoms with Crippen molar-refractivity contribution in [3.63, 3.8) is 0 Å². The second-order valence-electron chi connectivity index (χ2n) is 11.7. The summed E-state index contributed by atoms with van der Waals surface area (Å²) in [6, 6.07) is 4.11. The first kappa shape index (κ1) is 24.1. The molecule has 0 N–H and O–H groups in total. The zero-order valence-corrected chi connectivity index (χ0v) is 24.9. The largest absolute Gasteiger partial charge is 0.364 e. The van der Waals surface area contributed by atoms with Crippen molar-refractivity contribution >= 4 is 60.4 Å². The zero-order valence-electron chi connectivity index (χ0n) is 21.6. The molecule has 0 spiro atoms. The molecular formula is C28H31F2NS4. The molecule has 0 aromatic carbocycles. The number of hydrogen-bond donors (Lipinski definition) is 0. The third-order valence-electron chi connectivity index (χ3n) is 8.12. The number of rotatable bonds is 2. The van der Waals surface area contributed by atoms with Gasteiger partial charge in [-0.05, 0) is 51.7 Å². The highest BCUT2D eigenvalue weighted by molar-refractivity contribution is 7.34. The number of nitrogens with zero attached hydrogens (tertiary/aromatic N) is 1. The van der Waals surface area contributed by atoms with E-state index in [9.17, 15) is 0 Å². The number of alkyl halides is 2. The van der Waals surface area contributed by atoms with Gasteiger partial charge in [0.1, 0.15) is 0 Å². The van der Waals surface area contributed by atoms with Gasteiger partial charge >= 0.3 is 0 Å². The van der Waals surface area contributed by atoms with Crippen LogP contribution in [0.4, 0.5) is 14.5 Å². The Hall–Kier alpha value is -1.28. The molecule has 35 heavy (non-hydrogen) atoms. The third-order valence-corrected chi connectivity index (χ3v) is 13.8. The lowest BCUT2D eigenvalue weighted by Gasteiger charge is -2.41. The summed E-state index contributed by atoms with van der Waals surface area (Å²) in [4.78, 5) is 9.24. The normalized spacial score (nSPS) is 19.3. The van der Waals surface area contributed by atoms with Crippen LogP contribution >= 0.6 is 45.3 Å². The van der Waals surface area contributed by atoms with Crippen molar-refractivity contribution in [2.45, 2.75) is 84.1 Å². The Kier molecular flexibility index (Phi) is 4.94. The van der Waals surface area contributed by atoms with Crippen LogP contribution in [0.1, 0.15) is 93.7 Å². The molecule has 4 aromatic heterocycles. The van der Waals surface area contributed by atoms with Crippen LogP contribution in [-0.4, -0.2) is 7.05 Å². The summed E-state index contributed by atoms with van der Waals surface area (Å²) >= 11 is 6.93. The molecule has 0 atom stereocenters. The van der Waals surface area contributed by atoms with Gasteiger partial charge in [0.05, 0.1) is 45.5 Å². The Morgan fingerprint density at radius 1 is 0.714 bits per heavy atom. The van der Waals surface area contributed by atoms with Gasteiger partial charge in [0.2, 0.25) is 0 Å². The number of anilines is 1. The first-order chi connectivity index (χ1) is 16.2. The molecule has 1 aliphatic heterocycles. The second-order valence-corrected chi connectivity index (χ2v) is 15.9. The molecule has 0 saturated heterocycles. The van der Waals surface area contributed by atoms with Gasteiger partial charge in [-0.15, -0.1) is 45.3 Å². The molecule has 6 rings (SSSR count). The van der Waals surface area contributed by atoms with Crippen molar-refractivity contribution in [3.05, 3.63) is 38.6 Å². The first-order valence-electron chi connectivity index (χ1n) is 12.2. The minimum Gasteiger partial charge on any atom is -0.364 e. The Bertz CT molecular complexity index is 1510. The van der Waals surface area contributed by atoms with Crippen LogP contribution in [0.25, 0.3) is 28.9 Å². The monoisotopic (exact) mass is 547 g/mol. The van der Waals surface area contributed by atoms with Crippen LogP contribution in [0, 0.1) is 0 Å². The molecule has 0 unspecified atom stereocenters. The molecule has 1 aliphatic carbocycles. The fraction of sp³-hybridized carbons (Fsp3) is 0.500. The molecular weight excluding hydrogens is 517 g/mol. The minimum absolute atomic E-state index is 0.225. The minimum atomic E-state index is -2.91. The summed E-state index contributed by atoms with van der Waals surface area (Å²) in [5.41, 5.74) is 2.17. The van der Waals surface area contributed by atoms with E-state index >= 15 is 8.78 Å². The van der Waals surface area contributed by atoms with Crippen molar-refractivity contribution in [3.8, 4) is 19.5 Å². The quantitative estimate of drug-likeness (QED) is 0.241. The first-order valence-corrected chi connectivity index (χ1v) is 15.5. The third kappa shape index (κ3) is 2.87. The summed E-state index contributed by atoms with van der Waals surface area (Å²) < 4.78 is 34.6. The lowest BCUT2D eigenvalue weighted by molar-refractivity contribution is -0.0727. The van der Waals surface area contributed by atoms with E-state index in [0.717, 1.165) is 24.9 Å². The Balaban J connectivity index is 1.70. The van der Waals surface area contributed by atoms with Gasteiger partial charge in [-0.3, -0.25) is 0 Å². The van der Waals surface area contributed by atoms with Gasteiger partial charge in [0.15, 0.2) is 0 Å². The van der Waals surface area contributed by atoms with Gasteiger partial charge < -0.3 is 4.90 Å². The highest BCUT2D eigenvalue weighted by atomic mass is 32.1. The molecule has 0 radical (unpaired) electrons. The molecule has 1 nitrogen and oxygen atoms in total. The fourth-order valence-corrected chi connectivity index (χ4v) is 11.7. The predicted molar refractivity (Wildman–Crippen MR) is 153 cm³/mol.